The van der Waals surface area contributed by atoms with Crippen molar-refractivity contribution in [3.63, 3.8) is 0 Å². The zero-order chi connectivity index (χ0) is 10.7. The van der Waals surface area contributed by atoms with E-state index in [4.69, 9.17) is 0 Å². The number of nitrogens with zero attached hydrogens (tertiary/aromatic N) is 1. The predicted molar refractivity (Wildman–Crippen MR) is 65.1 cm³/mol. The zero-order valence-electron chi connectivity index (χ0n) is 10.3. The molecule has 1 N–H and O–H groups in total. The van der Waals surface area contributed by atoms with Crippen LogP contribution in [0.4, 0.5) is 0 Å². The van der Waals surface area contributed by atoms with E-state index in [1.54, 1.807) is 0 Å². The molecule has 2 saturated carbocycles. The van der Waals surface area contributed by atoms with Crippen molar-refractivity contribution in [3.05, 3.63) is 0 Å². The first kappa shape index (κ1) is 11.4. The monoisotopic (exact) mass is 210 g/mol. The molecule has 0 aromatic rings. The third-order valence-corrected chi connectivity index (χ3v) is 3.75. The topological polar surface area (TPSA) is 15.3 Å². The minimum absolute atomic E-state index is 0.732. The Bertz CT molecular complexity index is 185. The van der Waals surface area contributed by atoms with Gasteiger partial charge >= 0.3 is 0 Å². The summed E-state index contributed by atoms with van der Waals surface area (Å²) < 4.78 is 0. The normalized spacial score (nSPS) is 23.4. The molecule has 0 heterocycles. The van der Waals surface area contributed by atoms with Crippen molar-refractivity contribution in [2.75, 3.05) is 19.6 Å². The highest BCUT2D eigenvalue weighted by atomic mass is 15.2. The Kier molecular flexibility index (Phi) is 4.04. The van der Waals surface area contributed by atoms with Gasteiger partial charge in [0.05, 0.1) is 0 Å². The minimum Gasteiger partial charge on any atom is -0.313 e. The highest BCUT2D eigenvalue weighted by molar-refractivity contribution is 4.84. The SMILES string of the molecule is CCN(CCNC(C)CC1CC1)C1CC1. The lowest BCUT2D eigenvalue weighted by atomic mass is 10.1. The molecule has 2 rings (SSSR count). The molecular formula is C13H26N2. The molecule has 15 heavy (non-hydrogen) atoms. The standard InChI is InChI=1S/C13H26N2/c1-3-15(13-6-7-13)9-8-14-11(2)10-12-4-5-12/h11-14H,3-10H2,1-2H3. The van der Waals surface area contributed by atoms with E-state index < -0.39 is 0 Å². The van der Waals surface area contributed by atoms with Gasteiger partial charge in [-0.1, -0.05) is 19.8 Å². The van der Waals surface area contributed by atoms with Crippen LogP contribution in [0.25, 0.3) is 0 Å². The first-order valence-electron chi connectivity index (χ1n) is 6.77. The number of hydrogen-bond acceptors (Lipinski definition) is 2. The second kappa shape index (κ2) is 5.31. The van der Waals surface area contributed by atoms with Gasteiger partial charge in [-0.25, -0.2) is 0 Å². The summed E-state index contributed by atoms with van der Waals surface area (Å²) in [5, 5.41) is 3.66. The Morgan fingerprint density at radius 3 is 2.53 bits per heavy atom. The highest BCUT2D eigenvalue weighted by Gasteiger charge is 2.27. The molecule has 0 saturated heterocycles. The second-order valence-electron chi connectivity index (χ2n) is 5.39. The van der Waals surface area contributed by atoms with Crippen molar-refractivity contribution in [2.24, 2.45) is 5.92 Å². The van der Waals surface area contributed by atoms with Crippen molar-refractivity contribution >= 4 is 0 Å². The van der Waals surface area contributed by atoms with Crippen LogP contribution in [-0.4, -0.2) is 36.6 Å². The van der Waals surface area contributed by atoms with E-state index in [9.17, 15) is 0 Å². The second-order valence-corrected chi connectivity index (χ2v) is 5.39. The van der Waals surface area contributed by atoms with Gasteiger partial charge in [-0.05, 0) is 38.6 Å². The van der Waals surface area contributed by atoms with Crippen molar-refractivity contribution in [1.82, 2.24) is 10.2 Å². The van der Waals surface area contributed by atoms with E-state index in [-0.39, 0.29) is 0 Å². The lowest BCUT2D eigenvalue weighted by Crippen LogP contribution is -2.37. The molecule has 1 unspecified atom stereocenters. The fraction of sp³-hybridized carbons (Fsp3) is 1.00. The molecule has 0 spiro atoms. The summed E-state index contributed by atoms with van der Waals surface area (Å²) in [7, 11) is 0. The molecule has 88 valence electrons. The summed E-state index contributed by atoms with van der Waals surface area (Å²) in [6.07, 6.45) is 7.23. The Morgan fingerprint density at radius 2 is 2.00 bits per heavy atom. The molecule has 2 nitrogen and oxygen atoms in total. The van der Waals surface area contributed by atoms with Gasteiger partial charge in [0.25, 0.3) is 0 Å². The van der Waals surface area contributed by atoms with Crippen molar-refractivity contribution < 1.29 is 0 Å². The van der Waals surface area contributed by atoms with Crippen LogP contribution in [0.2, 0.25) is 0 Å². The Labute approximate surface area is 94.4 Å². The minimum atomic E-state index is 0.732. The molecule has 2 aliphatic carbocycles. The van der Waals surface area contributed by atoms with Crippen LogP contribution in [0.1, 0.15) is 46.0 Å². The third-order valence-electron chi connectivity index (χ3n) is 3.75. The Balaban J connectivity index is 1.52. The molecule has 0 aromatic carbocycles. The summed E-state index contributed by atoms with van der Waals surface area (Å²) in [5.74, 6) is 1.05. The fourth-order valence-electron chi connectivity index (χ4n) is 2.43. The van der Waals surface area contributed by atoms with Crippen molar-refractivity contribution in [1.29, 1.82) is 0 Å². The molecule has 2 fully saturated rings. The summed E-state index contributed by atoms with van der Waals surface area (Å²) >= 11 is 0. The molecule has 0 amide bonds. The third kappa shape index (κ3) is 4.12. The van der Waals surface area contributed by atoms with Gasteiger partial charge in [-0.3, -0.25) is 4.90 Å². The van der Waals surface area contributed by atoms with E-state index in [0.717, 1.165) is 18.0 Å². The smallest absolute Gasteiger partial charge is 0.0110 e. The van der Waals surface area contributed by atoms with Gasteiger partial charge in [0.2, 0.25) is 0 Å². The molecular weight excluding hydrogens is 184 g/mol. The number of nitrogens with one attached hydrogen (secondary N) is 1. The summed E-state index contributed by atoms with van der Waals surface area (Å²) in [6.45, 7) is 8.27. The lowest BCUT2D eigenvalue weighted by molar-refractivity contribution is 0.271. The summed E-state index contributed by atoms with van der Waals surface area (Å²) in [5.41, 5.74) is 0. The average molecular weight is 210 g/mol. The average Bonchev–Trinajstić information content (AvgIpc) is 3.03. The van der Waals surface area contributed by atoms with Crippen LogP contribution < -0.4 is 5.32 Å². The van der Waals surface area contributed by atoms with Crippen LogP contribution in [0.15, 0.2) is 0 Å². The number of rotatable bonds is 8. The van der Waals surface area contributed by atoms with E-state index in [0.29, 0.717) is 0 Å². The summed E-state index contributed by atoms with van der Waals surface area (Å²) in [6, 6.07) is 1.66. The lowest BCUT2D eigenvalue weighted by Gasteiger charge is -2.21. The first-order chi connectivity index (χ1) is 7.29. The van der Waals surface area contributed by atoms with Crippen LogP contribution in [0.3, 0.4) is 0 Å². The maximum absolute atomic E-state index is 3.66. The molecule has 0 radical (unpaired) electrons. The van der Waals surface area contributed by atoms with E-state index in [1.807, 2.05) is 0 Å². The largest absolute Gasteiger partial charge is 0.313 e. The molecule has 0 aliphatic heterocycles. The van der Waals surface area contributed by atoms with E-state index in [2.05, 4.69) is 24.1 Å². The van der Waals surface area contributed by atoms with Crippen LogP contribution in [0.5, 0.6) is 0 Å². The van der Waals surface area contributed by atoms with Crippen molar-refractivity contribution in [3.8, 4) is 0 Å². The van der Waals surface area contributed by atoms with Gasteiger partial charge in [-0.2, -0.15) is 0 Å². The molecule has 1 atom stereocenters. The van der Waals surface area contributed by atoms with Gasteiger partial charge in [0, 0.05) is 25.2 Å². The Morgan fingerprint density at radius 1 is 1.27 bits per heavy atom. The maximum Gasteiger partial charge on any atom is 0.0110 e. The zero-order valence-corrected chi connectivity index (χ0v) is 10.3. The summed E-state index contributed by atoms with van der Waals surface area (Å²) in [4.78, 5) is 2.62. The fourth-order valence-corrected chi connectivity index (χ4v) is 2.43. The first-order valence-corrected chi connectivity index (χ1v) is 6.77. The van der Waals surface area contributed by atoms with Crippen LogP contribution >= 0.6 is 0 Å². The van der Waals surface area contributed by atoms with Crippen LogP contribution in [0, 0.1) is 5.92 Å². The van der Waals surface area contributed by atoms with Crippen LogP contribution in [-0.2, 0) is 0 Å². The van der Waals surface area contributed by atoms with Gasteiger partial charge in [-0.15, -0.1) is 0 Å². The Hall–Kier alpha value is -0.0800. The number of likely N-dealkylation sites (N-methyl/N-ethyl adjacent to an activating group) is 1. The predicted octanol–water partition coefficient (Wildman–Crippen LogP) is 2.25. The molecule has 0 aromatic heterocycles. The number of hydrogen-bond donors (Lipinski definition) is 1. The van der Waals surface area contributed by atoms with Gasteiger partial charge in [0.1, 0.15) is 0 Å². The van der Waals surface area contributed by atoms with Gasteiger partial charge in [0.15, 0.2) is 0 Å². The molecule has 2 aliphatic rings. The van der Waals surface area contributed by atoms with Gasteiger partial charge < -0.3 is 5.32 Å². The van der Waals surface area contributed by atoms with E-state index in [1.165, 1.54) is 51.7 Å². The van der Waals surface area contributed by atoms with Crippen molar-refractivity contribution in [2.45, 2.75) is 58.0 Å². The maximum atomic E-state index is 3.66. The van der Waals surface area contributed by atoms with E-state index >= 15 is 0 Å². The quantitative estimate of drug-likeness (QED) is 0.661. The molecule has 2 heteroatoms. The molecule has 0 bridgehead atoms. The highest BCUT2D eigenvalue weighted by Crippen LogP contribution is 2.33.